The zero-order valence-corrected chi connectivity index (χ0v) is 8.40. The van der Waals surface area contributed by atoms with E-state index in [1.54, 1.807) is 0 Å². The quantitative estimate of drug-likeness (QED) is 0.333. The molecule has 0 bridgehead atoms. The third kappa shape index (κ3) is 3.43. The highest BCUT2D eigenvalue weighted by Crippen LogP contribution is 2.13. The standard InChI is InChI=1S/C8H9N3O3.ClH/c9-8(10)11-4-1-2-5(7(13)14)6(12)3-4;/h1-3,5H,(H,13,14)(H4,9,10,11);1H. The number of aliphatic carboxylic acids is 1. The number of carbonyl (C=O) groups is 2. The molecule has 15 heavy (non-hydrogen) atoms. The van der Waals surface area contributed by atoms with Crippen LogP contribution in [0, 0.1) is 5.92 Å². The van der Waals surface area contributed by atoms with Crippen LogP contribution < -0.4 is 11.5 Å². The lowest BCUT2D eigenvalue weighted by atomic mass is 9.98. The molecular formula is C8H10ClN3O3. The first-order chi connectivity index (χ1) is 6.50. The highest BCUT2D eigenvalue weighted by molar-refractivity contribution is 6.07. The van der Waals surface area contributed by atoms with Crippen molar-refractivity contribution < 1.29 is 14.7 Å². The summed E-state index contributed by atoms with van der Waals surface area (Å²) < 4.78 is 0. The van der Waals surface area contributed by atoms with Gasteiger partial charge in [0.05, 0.1) is 5.70 Å². The van der Waals surface area contributed by atoms with Crippen molar-refractivity contribution in [3.05, 3.63) is 23.9 Å². The first kappa shape index (κ1) is 13.2. The number of carboxylic acids is 1. The number of allylic oxidation sites excluding steroid dienone is 2. The van der Waals surface area contributed by atoms with Gasteiger partial charge in [0, 0.05) is 6.08 Å². The first-order valence-electron chi connectivity index (χ1n) is 3.77. The van der Waals surface area contributed by atoms with Crippen molar-refractivity contribution in [2.45, 2.75) is 0 Å². The summed E-state index contributed by atoms with van der Waals surface area (Å²) in [6.07, 6.45) is 3.73. The largest absolute Gasteiger partial charge is 0.480 e. The summed E-state index contributed by atoms with van der Waals surface area (Å²) in [5, 5.41) is 8.59. The Morgan fingerprint density at radius 1 is 1.47 bits per heavy atom. The predicted octanol–water partition coefficient (Wildman–Crippen LogP) is -0.595. The van der Waals surface area contributed by atoms with E-state index in [1.807, 2.05) is 0 Å². The molecular weight excluding hydrogens is 222 g/mol. The zero-order valence-electron chi connectivity index (χ0n) is 7.58. The number of hydrogen-bond donors (Lipinski definition) is 3. The summed E-state index contributed by atoms with van der Waals surface area (Å²) in [4.78, 5) is 25.3. The van der Waals surface area contributed by atoms with Gasteiger partial charge < -0.3 is 16.6 Å². The van der Waals surface area contributed by atoms with E-state index < -0.39 is 17.7 Å². The van der Waals surface area contributed by atoms with Crippen LogP contribution in [-0.2, 0) is 9.59 Å². The Kier molecular flexibility index (Phi) is 4.53. The van der Waals surface area contributed by atoms with Gasteiger partial charge in [-0.25, -0.2) is 4.99 Å². The van der Waals surface area contributed by atoms with Crippen molar-refractivity contribution in [3.63, 3.8) is 0 Å². The van der Waals surface area contributed by atoms with Crippen molar-refractivity contribution in [1.29, 1.82) is 0 Å². The SMILES string of the molecule is Cl.NC(N)=NC1=CC(=O)C(C(=O)O)C=C1. The van der Waals surface area contributed by atoms with Crippen molar-refractivity contribution in [2.75, 3.05) is 0 Å². The van der Waals surface area contributed by atoms with Crippen LogP contribution in [0.25, 0.3) is 0 Å². The molecule has 0 heterocycles. The maximum absolute atomic E-state index is 11.2. The molecule has 1 atom stereocenters. The molecule has 1 rings (SSSR count). The van der Waals surface area contributed by atoms with Gasteiger partial charge in [0.25, 0.3) is 0 Å². The number of rotatable bonds is 2. The van der Waals surface area contributed by atoms with E-state index in [1.165, 1.54) is 12.2 Å². The molecule has 5 N–H and O–H groups in total. The van der Waals surface area contributed by atoms with Crippen LogP contribution in [0.3, 0.4) is 0 Å². The molecule has 6 nitrogen and oxygen atoms in total. The number of aliphatic imine (C=N–C) groups is 1. The number of hydrogen-bond acceptors (Lipinski definition) is 3. The van der Waals surface area contributed by atoms with Gasteiger partial charge in [-0.05, 0) is 6.08 Å². The van der Waals surface area contributed by atoms with E-state index in [0.29, 0.717) is 0 Å². The molecule has 7 heteroatoms. The molecule has 0 saturated heterocycles. The monoisotopic (exact) mass is 231 g/mol. The van der Waals surface area contributed by atoms with Crippen LogP contribution in [0.15, 0.2) is 28.9 Å². The number of halogens is 1. The minimum Gasteiger partial charge on any atom is -0.480 e. The van der Waals surface area contributed by atoms with Gasteiger partial charge in [-0.1, -0.05) is 6.08 Å². The average Bonchev–Trinajstić information content (AvgIpc) is 2.01. The lowest BCUT2D eigenvalue weighted by Gasteiger charge is -2.08. The number of nitrogens with two attached hydrogens (primary N) is 2. The smallest absolute Gasteiger partial charge is 0.318 e. The number of carbonyl (C=O) groups excluding carboxylic acids is 1. The molecule has 0 fully saturated rings. The van der Waals surface area contributed by atoms with Crippen LogP contribution in [-0.4, -0.2) is 22.8 Å². The average molecular weight is 232 g/mol. The second-order valence-corrected chi connectivity index (χ2v) is 2.68. The van der Waals surface area contributed by atoms with E-state index in [0.717, 1.165) is 6.08 Å². The van der Waals surface area contributed by atoms with E-state index >= 15 is 0 Å². The lowest BCUT2D eigenvalue weighted by Crippen LogP contribution is -2.24. The Labute approximate surface area is 91.8 Å². The minimum atomic E-state index is -1.19. The van der Waals surface area contributed by atoms with Gasteiger partial charge in [0.2, 0.25) is 0 Å². The Bertz CT molecular complexity index is 369. The van der Waals surface area contributed by atoms with Crippen molar-refractivity contribution in [1.82, 2.24) is 0 Å². The van der Waals surface area contributed by atoms with Gasteiger partial charge in [-0.15, -0.1) is 12.4 Å². The molecule has 1 aliphatic rings. The Morgan fingerprint density at radius 3 is 2.47 bits per heavy atom. The zero-order chi connectivity index (χ0) is 10.7. The van der Waals surface area contributed by atoms with Crippen molar-refractivity contribution in [2.24, 2.45) is 22.4 Å². The number of ketones is 1. The number of carboxylic acid groups (broad SMARTS) is 1. The van der Waals surface area contributed by atoms with Crippen LogP contribution >= 0.6 is 12.4 Å². The Hall–Kier alpha value is -1.82. The molecule has 1 aliphatic carbocycles. The molecule has 0 aromatic carbocycles. The van der Waals surface area contributed by atoms with E-state index in [-0.39, 0.29) is 24.1 Å². The van der Waals surface area contributed by atoms with Crippen LogP contribution in [0.5, 0.6) is 0 Å². The number of guanidine groups is 1. The fourth-order valence-electron chi connectivity index (χ4n) is 0.996. The third-order valence-electron chi connectivity index (χ3n) is 1.58. The number of nitrogens with zero attached hydrogens (tertiary/aromatic N) is 1. The highest BCUT2D eigenvalue weighted by Gasteiger charge is 2.24. The Morgan fingerprint density at radius 2 is 2.07 bits per heavy atom. The van der Waals surface area contributed by atoms with Crippen molar-refractivity contribution in [3.8, 4) is 0 Å². The highest BCUT2D eigenvalue weighted by atomic mass is 35.5. The van der Waals surface area contributed by atoms with Crippen LogP contribution in [0.2, 0.25) is 0 Å². The topological polar surface area (TPSA) is 119 Å². The molecule has 0 aliphatic heterocycles. The van der Waals surface area contributed by atoms with Gasteiger partial charge in [0.1, 0.15) is 5.92 Å². The fraction of sp³-hybridized carbons (Fsp3) is 0.125. The van der Waals surface area contributed by atoms with Gasteiger partial charge in [-0.3, -0.25) is 9.59 Å². The lowest BCUT2D eigenvalue weighted by molar-refractivity contribution is -0.143. The van der Waals surface area contributed by atoms with Crippen LogP contribution in [0.1, 0.15) is 0 Å². The summed E-state index contributed by atoms with van der Waals surface area (Å²) in [6.45, 7) is 0. The molecule has 0 aromatic heterocycles. The summed E-state index contributed by atoms with van der Waals surface area (Å²) in [5.41, 5.74) is 10.4. The second-order valence-electron chi connectivity index (χ2n) is 2.68. The molecule has 0 amide bonds. The van der Waals surface area contributed by atoms with Gasteiger partial charge in [0.15, 0.2) is 11.7 Å². The Balaban J connectivity index is 0.00000196. The maximum Gasteiger partial charge on any atom is 0.318 e. The summed E-state index contributed by atoms with van der Waals surface area (Å²) >= 11 is 0. The first-order valence-corrected chi connectivity index (χ1v) is 3.77. The third-order valence-corrected chi connectivity index (χ3v) is 1.58. The molecule has 0 saturated carbocycles. The van der Waals surface area contributed by atoms with E-state index in [9.17, 15) is 9.59 Å². The van der Waals surface area contributed by atoms with E-state index in [4.69, 9.17) is 16.6 Å². The summed E-state index contributed by atoms with van der Waals surface area (Å²) in [7, 11) is 0. The fourth-order valence-corrected chi connectivity index (χ4v) is 0.996. The van der Waals surface area contributed by atoms with Gasteiger partial charge in [-0.2, -0.15) is 0 Å². The summed E-state index contributed by atoms with van der Waals surface area (Å²) in [5.74, 6) is -3.04. The molecule has 0 aromatic rings. The normalized spacial score (nSPS) is 18.8. The van der Waals surface area contributed by atoms with Crippen molar-refractivity contribution >= 4 is 30.1 Å². The van der Waals surface area contributed by atoms with Gasteiger partial charge >= 0.3 is 5.97 Å². The second kappa shape index (κ2) is 5.16. The molecule has 0 spiro atoms. The molecule has 1 unspecified atom stereocenters. The molecule has 82 valence electrons. The van der Waals surface area contributed by atoms with Crippen LogP contribution in [0.4, 0.5) is 0 Å². The maximum atomic E-state index is 11.2. The molecule has 0 radical (unpaired) electrons. The predicted molar refractivity (Wildman–Crippen MR) is 56.4 cm³/mol. The minimum absolute atomic E-state index is 0. The summed E-state index contributed by atoms with van der Waals surface area (Å²) in [6, 6.07) is 0. The van der Waals surface area contributed by atoms with E-state index in [2.05, 4.69) is 4.99 Å².